The van der Waals surface area contributed by atoms with E-state index in [1.165, 1.54) is 23.0 Å². The Morgan fingerprint density at radius 3 is 2.73 bits per heavy atom. The van der Waals surface area contributed by atoms with Crippen LogP contribution in [0.25, 0.3) is 37.5 Å². The monoisotopic (exact) mass is 543 g/mol. The van der Waals surface area contributed by atoms with Crippen LogP contribution in [0.4, 0.5) is 8.78 Å². The average Bonchev–Trinajstić information content (AvgIpc) is 3.32. The van der Waals surface area contributed by atoms with Gasteiger partial charge in [0.1, 0.15) is 6.33 Å². The molecular weight excluding hydrogens is 524 g/mol. The van der Waals surface area contributed by atoms with Gasteiger partial charge in [-0.25, -0.2) is 33.7 Å². The highest BCUT2D eigenvalue weighted by molar-refractivity contribution is 7.89. The number of aliphatic hydroxyl groups is 1. The van der Waals surface area contributed by atoms with Crippen LogP contribution in [0.2, 0.25) is 0 Å². The van der Waals surface area contributed by atoms with E-state index in [0.29, 0.717) is 71.1 Å². The third-order valence-electron chi connectivity index (χ3n) is 6.59. The number of halogens is 2. The molecule has 0 amide bonds. The first-order chi connectivity index (χ1) is 17.7. The number of aliphatic hydroxyl groups excluding tert-OH is 1. The summed E-state index contributed by atoms with van der Waals surface area (Å²) in [5.41, 5.74) is 1.15. The van der Waals surface area contributed by atoms with Gasteiger partial charge in [0.05, 0.1) is 40.4 Å². The van der Waals surface area contributed by atoms with Gasteiger partial charge in [0.25, 0.3) is 12.1 Å². The Morgan fingerprint density at radius 2 is 2.08 bits per heavy atom. The number of allylic oxidation sites excluding steroid dienone is 1. The maximum Gasteiger partial charge on any atom is 0.299 e. The number of hydrogen-bond donors (Lipinski definition) is 2. The molecule has 4 aromatic rings. The van der Waals surface area contributed by atoms with Gasteiger partial charge in [-0.2, -0.15) is 0 Å². The molecule has 1 saturated carbocycles. The Morgan fingerprint density at radius 1 is 1.27 bits per heavy atom. The predicted octanol–water partition coefficient (Wildman–Crippen LogP) is 3.98. The van der Waals surface area contributed by atoms with Crippen molar-refractivity contribution >= 4 is 48.9 Å². The Kier molecular flexibility index (Phi) is 5.57. The van der Waals surface area contributed by atoms with Gasteiger partial charge in [-0.15, -0.1) is 14.9 Å². The molecule has 3 aromatic heterocycles. The second-order valence-electron chi connectivity index (χ2n) is 9.07. The molecule has 0 spiro atoms. The van der Waals surface area contributed by atoms with E-state index in [9.17, 15) is 22.3 Å². The minimum Gasteiger partial charge on any atom is -0.393 e. The minimum atomic E-state index is -4.05. The third-order valence-corrected chi connectivity index (χ3v) is 9.03. The molecule has 10 nitrogen and oxygen atoms in total. The van der Waals surface area contributed by atoms with Crippen LogP contribution in [0, 0.1) is 6.57 Å². The molecule has 0 bridgehead atoms. The molecule has 1 unspecified atom stereocenters. The second kappa shape index (κ2) is 8.59. The molecule has 1 fully saturated rings. The number of rotatable bonds is 6. The molecule has 2 aliphatic rings. The van der Waals surface area contributed by atoms with Gasteiger partial charge in [0.2, 0.25) is 15.2 Å². The quantitative estimate of drug-likeness (QED) is 0.352. The molecule has 3 heterocycles. The van der Waals surface area contributed by atoms with E-state index in [-0.39, 0.29) is 10.0 Å². The lowest BCUT2D eigenvalue weighted by molar-refractivity contribution is 0.150. The van der Waals surface area contributed by atoms with Crippen molar-refractivity contribution < 1.29 is 22.3 Å². The van der Waals surface area contributed by atoms with Gasteiger partial charge in [-0.1, -0.05) is 23.5 Å². The van der Waals surface area contributed by atoms with Crippen molar-refractivity contribution in [2.75, 3.05) is 0 Å². The van der Waals surface area contributed by atoms with Gasteiger partial charge in [0.15, 0.2) is 10.7 Å². The van der Waals surface area contributed by atoms with Crippen molar-refractivity contribution in [3.63, 3.8) is 0 Å². The Bertz CT molecular complexity index is 1740. The lowest BCUT2D eigenvalue weighted by atomic mass is 9.93. The van der Waals surface area contributed by atoms with Gasteiger partial charge in [-0.3, -0.25) is 9.41 Å². The van der Waals surface area contributed by atoms with Crippen molar-refractivity contribution in [1.82, 2.24) is 29.5 Å². The zero-order chi connectivity index (χ0) is 25.9. The number of hydrogen-bond acceptors (Lipinski definition) is 8. The number of fused-ring (bicyclic) bond motifs is 3. The van der Waals surface area contributed by atoms with E-state index in [1.807, 2.05) is 6.08 Å². The standard InChI is InChI=1S/C23H19F2N7O3S2/c1-26-23(8-9-23)31-37(34,35)14-6-7-15-16(10-14)32(22-30-29-21(36-22)19(24)25)20-17(15)18(27-11-28-20)12-2-4-13(33)5-3-12/h2,6-7,10-11,13,19,31,33H,3-5,8-9H2. The Labute approximate surface area is 213 Å². The van der Waals surface area contributed by atoms with Gasteiger partial charge in [-0.05, 0) is 37.0 Å². The summed E-state index contributed by atoms with van der Waals surface area (Å²) in [6, 6.07) is 4.49. The SMILES string of the molecule is [C-]#[N+]C1(NS(=O)(=O)c2ccc3c4c(C5=CCC(O)CC5)ncnc4n(-c4nnc(C(F)F)s4)c3c2)CC1. The first-order valence-corrected chi connectivity index (χ1v) is 13.7. The van der Waals surface area contributed by atoms with E-state index >= 15 is 0 Å². The Hall–Kier alpha value is -3.38. The summed E-state index contributed by atoms with van der Waals surface area (Å²) in [5.74, 6) is 0. The van der Waals surface area contributed by atoms with Crippen LogP contribution < -0.4 is 4.72 Å². The minimum absolute atomic E-state index is 0.0768. The van der Waals surface area contributed by atoms with Crippen LogP contribution in [0.5, 0.6) is 0 Å². The lowest BCUT2D eigenvalue weighted by Gasteiger charge is -2.17. The van der Waals surface area contributed by atoms with Crippen molar-refractivity contribution in [3.05, 3.63) is 52.7 Å². The summed E-state index contributed by atoms with van der Waals surface area (Å²) in [7, 11) is -4.05. The number of benzene rings is 1. The van der Waals surface area contributed by atoms with Crippen LogP contribution in [0.1, 0.15) is 49.2 Å². The number of nitrogens with zero attached hydrogens (tertiary/aromatic N) is 6. The highest BCUT2D eigenvalue weighted by Gasteiger charge is 2.54. The van der Waals surface area contributed by atoms with Crippen LogP contribution >= 0.6 is 11.3 Å². The summed E-state index contributed by atoms with van der Waals surface area (Å²) < 4.78 is 57.0. The molecule has 2 aliphatic carbocycles. The number of sulfonamides is 1. The molecule has 1 atom stereocenters. The molecule has 37 heavy (non-hydrogen) atoms. The van der Waals surface area contributed by atoms with Crippen molar-refractivity contribution in [2.45, 2.75) is 55.2 Å². The molecule has 1 aromatic carbocycles. The molecule has 190 valence electrons. The van der Waals surface area contributed by atoms with Gasteiger partial charge >= 0.3 is 0 Å². The maximum atomic E-state index is 13.3. The van der Waals surface area contributed by atoms with Crippen LogP contribution in [-0.4, -0.2) is 50.0 Å². The normalized spacial score (nSPS) is 19.3. The highest BCUT2D eigenvalue weighted by Crippen LogP contribution is 2.41. The summed E-state index contributed by atoms with van der Waals surface area (Å²) in [5, 5.41) is 18.3. The van der Waals surface area contributed by atoms with Crippen molar-refractivity contribution in [1.29, 1.82) is 0 Å². The first kappa shape index (κ1) is 24.0. The zero-order valence-corrected chi connectivity index (χ0v) is 20.7. The number of alkyl halides is 2. The first-order valence-electron chi connectivity index (χ1n) is 11.4. The van der Waals surface area contributed by atoms with E-state index in [4.69, 9.17) is 6.57 Å². The lowest BCUT2D eigenvalue weighted by Crippen LogP contribution is -2.34. The molecule has 14 heteroatoms. The second-order valence-corrected chi connectivity index (χ2v) is 11.7. The zero-order valence-electron chi connectivity index (χ0n) is 19.1. The highest BCUT2D eigenvalue weighted by atomic mass is 32.2. The summed E-state index contributed by atoms with van der Waals surface area (Å²) in [4.78, 5) is 12.3. The average molecular weight is 544 g/mol. The van der Waals surface area contributed by atoms with E-state index in [1.54, 1.807) is 6.07 Å². The summed E-state index contributed by atoms with van der Waals surface area (Å²) in [6.07, 6.45) is 2.54. The molecule has 0 saturated heterocycles. The number of aromatic nitrogens is 5. The number of nitrogens with one attached hydrogen (secondary N) is 1. The molecule has 2 N–H and O–H groups in total. The molecular formula is C23H19F2N7O3S2. The summed E-state index contributed by atoms with van der Waals surface area (Å²) >= 11 is 0.685. The molecule has 6 rings (SSSR count). The largest absolute Gasteiger partial charge is 0.393 e. The molecule has 0 aliphatic heterocycles. The van der Waals surface area contributed by atoms with E-state index in [2.05, 4.69) is 29.7 Å². The van der Waals surface area contributed by atoms with E-state index < -0.39 is 33.2 Å². The third kappa shape index (κ3) is 4.08. The van der Waals surface area contributed by atoms with Crippen molar-refractivity contribution in [2.24, 2.45) is 0 Å². The van der Waals surface area contributed by atoms with Crippen LogP contribution in [0.3, 0.4) is 0 Å². The fourth-order valence-corrected chi connectivity index (χ4v) is 6.62. The van der Waals surface area contributed by atoms with Crippen molar-refractivity contribution in [3.8, 4) is 5.13 Å². The fraction of sp³-hybridized carbons (Fsp3) is 0.348. The van der Waals surface area contributed by atoms with E-state index in [0.717, 1.165) is 5.57 Å². The Balaban J connectivity index is 1.60. The van der Waals surface area contributed by atoms with Gasteiger partial charge in [0, 0.05) is 5.39 Å². The smallest absolute Gasteiger partial charge is 0.299 e. The van der Waals surface area contributed by atoms with Crippen LogP contribution in [0.15, 0.2) is 35.5 Å². The summed E-state index contributed by atoms with van der Waals surface area (Å²) in [6.45, 7) is 7.31. The topological polar surface area (TPSA) is 127 Å². The maximum absolute atomic E-state index is 13.3. The van der Waals surface area contributed by atoms with Gasteiger partial charge < -0.3 is 5.11 Å². The fourth-order valence-electron chi connectivity index (χ4n) is 4.52. The molecule has 0 radical (unpaired) electrons. The van der Waals surface area contributed by atoms with Crippen LogP contribution in [-0.2, 0) is 10.0 Å². The predicted molar refractivity (Wildman–Crippen MR) is 132 cm³/mol.